The average Bonchev–Trinajstić information content (AvgIpc) is 2.80. The molecule has 7 heteroatoms. The lowest BCUT2D eigenvalue weighted by Crippen LogP contribution is -3.29. The molecule has 0 radical (unpaired) electrons. The first-order valence-corrected chi connectivity index (χ1v) is 10.1. The number of nitrogens with one attached hydrogen (secondary N) is 2. The van der Waals surface area contributed by atoms with Crippen molar-refractivity contribution >= 4 is 11.9 Å². The van der Waals surface area contributed by atoms with E-state index in [1.807, 2.05) is 36.4 Å². The molecule has 160 valence electrons. The highest BCUT2D eigenvalue weighted by Gasteiger charge is 2.53. The Bertz CT molecular complexity index is 783. The number of halogens is 1. The number of hydrogen-bond acceptors (Lipinski definition) is 4. The third-order valence-electron chi connectivity index (χ3n) is 5.78. The number of ether oxygens (including phenoxy) is 2. The first-order valence-electron chi connectivity index (χ1n) is 10.1. The maximum atomic E-state index is 15.2. The van der Waals surface area contributed by atoms with Crippen molar-refractivity contribution in [2.75, 3.05) is 46.9 Å². The molecule has 1 aliphatic rings. The van der Waals surface area contributed by atoms with Crippen molar-refractivity contribution in [3.63, 3.8) is 0 Å². The van der Waals surface area contributed by atoms with Gasteiger partial charge in [0.1, 0.15) is 38.8 Å². The van der Waals surface area contributed by atoms with Crippen molar-refractivity contribution in [2.24, 2.45) is 0 Å². The van der Waals surface area contributed by atoms with Gasteiger partial charge in [-0.3, -0.25) is 0 Å². The van der Waals surface area contributed by atoms with Gasteiger partial charge in [0.15, 0.2) is 0 Å². The minimum absolute atomic E-state index is 0.172. The zero-order valence-corrected chi connectivity index (χ0v) is 17.4. The number of benzene rings is 2. The summed E-state index contributed by atoms with van der Waals surface area (Å²) >= 11 is 0. The summed E-state index contributed by atoms with van der Waals surface area (Å²) in [7, 11) is 2.14. The molecule has 2 aromatic rings. The Labute approximate surface area is 176 Å². The predicted octanol–water partition coefficient (Wildman–Crippen LogP) is -0.386. The van der Waals surface area contributed by atoms with Crippen LogP contribution >= 0.6 is 0 Å². The van der Waals surface area contributed by atoms with Crippen LogP contribution in [0.5, 0.6) is 0 Å². The molecule has 1 saturated heterocycles. The highest BCUT2D eigenvalue weighted by atomic mass is 19.1. The van der Waals surface area contributed by atoms with E-state index < -0.39 is 17.6 Å². The van der Waals surface area contributed by atoms with Gasteiger partial charge in [-0.15, -0.1) is 0 Å². The lowest BCUT2D eigenvalue weighted by Gasteiger charge is -2.36. The van der Waals surface area contributed by atoms with Crippen LogP contribution in [0.15, 0.2) is 60.7 Å². The van der Waals surface area contributed by atoms with Crippen molar-refractivity contribution in [1.29, 1.82) is 0 Å². The quantitative estimate of drug-likeness (QED) is 0.477. The van der Waals surface area contributed by atoms with E-state index in [4.69, 9.17) is 0 Å². The van der Waals surface area contributed by atoms with Crippen LogP contribution in [0.4, 0.5) is 4.39 Å². The number of carbonyl (C=O) groups is 2. The van der Waals surface area contributed by atoms with Crippen LogP contribution in [-0.2, 0) is 19.1 Å². The van der Waals surface area contributed by atoms with Gasteiger partial charge < -0.3 is 19.3 Å². The Morgan fingerprint density at radius 2 is 1.30 bits per heavy atom. The number of piperazine rings is 1. The van der Waals surface area contributed by atoms with E-state index in [0.717, 1.165) is 32.2 Å². The van der Waals surface area contributed by atoms with Crippen molar-refractivity contribution in [3.8, 4) is 0 Å². The molecule has 0 aliphatic carbocycles. The van der Waals surface area contributed by atoms with Gasteiger partial charge in [0, 0.05) is 11.1 Å². The summed E-state index contributed by atoms with van der Waals surface area (Å²) in [5.41, 5.74) is -0.327. The fraction of sp³-hybridized carbons (Fsp3) is 0.391. The molecule has 0 unspecified atom stereocenters. The standard InChI is InChI=1S/C23H27FN2O4/c1-29-21(27)23(24,22(28)30-2)17-25-13-15-26(16-14-25)20(18-9-5-3-6-10-18)19-11-7-4-8-12-19/h3-12,20H,13-17H2,1-2H3/p+2. The van der Waals surface area contributed by atoms with Crippen LogP contribution in [0.2, 0.25) is 0 Å². The van der Waals surface area contributed by atoms with Crippen LogP contribution in [0.3, 0.4) is 0 Å². The fourth-order valence-corrected chi connectivity index (χ4v) is 4.24. The number of rotatable bonds is 7. The maximum Gasteiger partial charge on any atom is 0.361 e. The van der Waals surface area contributed by atoms with Gasteiger partial charge in [-0.05, 0) is 0 Å². The monoisotopic (exact) mass is 416 g/mol. The van der Waals surface area contributed by atoms with E-state index in [1.165, 1.54) is 16.0 Å². The third kappa shape index (κ3) is 4.68. The molecular formula is C23H29FN2O4+2. The van der Waals surface area contributed by atoms with Gasteiger partial charge in [-0.1, -0.05) is 60.7 Å². The van der Waals surface area contributed by atoms with E-state index in [0.29, 0.717) is 13.1 Å². The topological polar surface area (TPSA) is 61.5 Å². The predicted molar refractivity (Wildman–Crippen MR) is 109 cm³/mol. The minimum atomic E-state index is -2.78. The molecule has 1 fully saturated rings. The lowest BCUT2D eigenvalue weighted by atomic mass is 9.96. The Balaban J connectivity index is 1.74. The number of quaternary nitrogens is 2. The molecule has 0 spiro atoms. The second-order valence-electron chi connectivity index (χ2n) is 7.62. The summed E-state index contributed by atoms with van der Waals surface area (Å²) in [4.78, 5) is 26.1. The number of esters is 2. The largest absolute Gasteiger partial charge is 0.466 e. The van der Waals surface area contributed by atoms with Crippen LogP contribution in [0, 0.1) is 0 Å². The summed E-state index contributed by atoms with van der Waals surface area (Å²) in [5, 5.41) is 0. The number of methoxy groups -OCH3 is 2. The average molecular weight is 416 g/mol. The first kappa shape index (κ1) is 21.9. The van der Waals surface area contributed by atoms with E-state index in [1.54, 1.807) is 0 Å². The summed E-state index contributed by atoms with van der Waals surface area (Å²) in [6, 6.07) is 20.9. The highest BCUT2D eigenvalue weighted by molar-refractivity contribution is 6.03. The Hall–Kier alpha value is -2.77. The van der Waals surface area contributed by atoms with Crippen LogP contribution < -0.4 is 9.80 Å². The molecule has 0 saturated carbocycles. The zero-order chi connectivity index (χ0) is 21.6. The summed E-state index contributed by atoms with van der Waals surface area (Å²) < 4.78 is 24.2. The molecule has 0 aromatic heterocycles. The fourth-order valence-electron chi connectivity index (χ4n) is 4.24. The molecule has 3 rings (SSSR count). The van der Waals surface area contributed by atoms with E-state index in [2.05, 4.69) is 33.7 Å². The Morgan fingerprint density at radius 3 is 1.70 bits per heavy atom. The van der Waals surface area contributed by atoms with Gasteiger partial charge in [-0.2, -0.15) is 0 Å². The second-order valence-corrected chi connectivity index (χ2v) is 7.62. The van der Waals surface area contributed by atoms with Gasteiger partial charge in [0.05, 0.1) is 14.2 Å². The van der Waals surface area contributed by atoms with E-state index in [9.17, 15) is 9.59 Å². The van der Waals surface area contributed by atoms with Crippen molar-refractivity contribution < 1.29 is 33.3 Å². The van der Waals surface area contributed by atoms with E-state index >= 15 is 4.39 Å². The Morgan fingerprint density at radius 1 is 0.867 bits per heavy atom. The molecule has 0 bridgehead atoms. The molecule has 2 N–H and O–H groups in total. The lowest BCUT2D eigenvalue weighted by molar-refractivity contribution is -1.02. The molecule has 2 aromatic carbocycles. The molecule has 6 nitrogen and oxygen atoms in total. The molecule has 0 atom stereocenters. The summed E-state index contributed by atoms with van der Waals surface area (Å²) in [6.45, 7) is 2.53. The summed E-state index contributed by atoms with van der Waals surface area (Å²) in [5.74, 6) is -2.41. The molecule has 1 aliphatic heterocycles. The smallest absolute Gasteiger partial charge is 0.361 e. The SMILES string of the molecule is COC(=O)C(F)(C[NH+]1CC[NH+](C(c2ccccc2)c2ccccc2)CC1)C(=O)OC. The molecule has 0 amide bonds. The number of carbonyl (C=O) groups excluding carboxylic acids is 2. The highest BCUT2D eigenvalue weighted by Crippen LogP contribution is 2.19. The van der Waals surface area contributed by atoms with Crippen LogP contribution in [0.25, 0.3) is 0 Å². The first-order chi connectivity index (χ1) is 14.5. The molecular weight excluding hydrogens is 387 g/mol. The maximum absolute atomic E-state index is 15.2. The van der Waals surface area contributed by atoms with Gasteiger partial charge >= 0.3 is 17.6 Å². The normalized spacial score (nSPS) is 19.3. The molecule has 30 heavy (non-hydrogen) atoms. The number of hydrogen-bond donors (Lipinski definition) is 2. The third-order valence-corrected chi connectivity index (χ3v) is 5.78. The summed E-state index contributed by atoms with van der Waals surface area (Å²) in [6.07, 6.45) is 0. The van der Waals surface area contributed by atoms with Crippen molar-refractivity contribution in [3.05, 3.63) is 71.8 Å². The molecule has 1 heterocycles. The minimum Gasteiger partial charge on any atom is -0.466 e. The van der Waals surface area contributed by atoms with Gasteiger partial charge in [0.2, 0.25) is 0 Å². The van der Waals surface area contributed by atoms with E-state index in [-0.39, 0.29) is 12.6 Å². The van der Waals surface area contributed by atoms with Crippen LogP contribution in [-0.4, -0.2) is 64.6 Å². The van der Waals surface area contributed by atoms with Crippen molar-refractivity contribution in [2.45, 2.75) is 11.7 Å². The Kier molecular flexibility index (Phi) is 7.18. The second kappa shape index (κ2) is 9.82. The van der Waals surface area contributed by atoms with Gasteiger partial charge in [0.25, 0.3) is 0 Å². The van der Waals surface area contributed by atoms with Crippen molar-refractivity contribution in [1.82, 2.24) is 0 Å². The zero-order valence-electron chi connectivity index (χ0n) is 17.4. The van der Waals surface area contributed by atoms with Gasteiger partial charge in [-0.25, -0.2) is 14.0 Å². The van der Waals surface area contributed by atoms with Crippen LogP contribution in [0.1, 0.15) is 17.2 Å². The number of alkyl halides is 1.